The van der Waals surface area contributed by atoms with Gasteiger partial charge in [-0.2, -0.15) is 9.49 Å². The Morgan fingerprint density at radius 1 is 1.11 bits per heavy atom. The zero-order valence-electron chi connectivity index (χ0n) is 31.1. The van der Waals surface area contributed by atoms with Gasteiger partial charge in [-0.15, -0.1) is 0 Å². The first-order chi connectivity index (χ1) is 25.5. The van der Waals surface area contributed by atoms with E-state index in [0.717, 1.165) is 17.2 Å². The summed E-state index contributed by atoms with van der Waals surface area (Å²) in [5.74, 6) is -4.89. The molecule has 0 aliphatic carbocycles. The summed E-state index contributed by atoms with van der Waals surface area (Å²) in [6, 6.07) is 11.4. The van der Waals surface area contributed by atoms with Gasteiger partial charge in [0.15, 0.2) is 39.3 Å². The van der Waals surface area contributed by atoms with Gasteiger partial charge in [0.25, 0.3) is 0 Å². The van der Waals surface area contributed by atoms with Gasteiger partial charge >= 0.3 is 5.97 Å². The Kier molecular flexibility index (Phi) is 10.5. The van der Waals surface area contributed by atoms with Gasteiger partial charge in [0.05, 0.1) is 41.0 Å². The van der Waals surface area contributed by atoms with Gasteiger partial charge in [-0.3, -0.25) is 9.59 Å². The van der Waals surface area contributed by atoms with Crippen LogP contribution in [0.3, 0.4) is 0 Å². The summed E-state index contributed by atoms with van der Waals surface area (Å²) in [5, 5.41) is 4.78. The molecule has 1 aliphatic heterocycles. The second-order valence-corrected chi connectivity index (χ2v) is 17.4. The van der Waals surface area contributed by atoms with Crippen LogP contribution in [0.15, 0.2) is 48.7 Å². The van der Waals surface area contributed by atoms with Crippen molar-refractivity contribution in [1.82, 2.24) is 19.7 Å². The van der Waals surface area contributed by atoms with Gasteiger partial charge in [0, 0.05) is 29.8 Å². The van der Waals surface area contributed by atoms with E-state index in [1.54, 1.807) is 14.0 Å². The first kappa shape index (κ1) is 38.7. The lowest BCUT2D eigenvalue weighted by atomic mass is 9.75. The topological polar surface area (TPSA) is 133 Å². The summed E-state index contributed by atoms with van der Waals surface area (Å²) in [6.07, 6.45) is 3.39. The SMILES string of the molecule is COC(=O)[C@H](C)Cc1cccc([C@@]2(C)CCCC(C)(C)CS(=O)(=O)CCc3c(c(F)c(F)c4[nH]cc(C=O)c34)Oc3ccc(F)c(c3)-c3nc2nn3C)c1. The highest BCUT2D eigenvalue weighted by atomic mass is 32.2. The smallest absolute Gasteiger partial charge is 0.308 e. The van der Waals surface area contributed by atoms with Gasteiger partial charge in [-0.1, -0.05) is 51.5 Å². The maximum atomic E-state index is 15.9. The number of aromatic amines is 1. The minimum atomic E-state index is -3.80. The number of carbonyl (C=O) groups excluding carboxylic acids is 2. The molecular formula is C40H43F3N4O6S. The number of esters is 1. The van der Waals surface area contributed by atoms with Crippen LogP contribution >= 0.6 is 0 Å². The van der Waals surface area contributed by atoms with Gasteiger partial charge in [0.1, 0.15) is 11.6 Å². The molecule has 5 aromatic rings. The number of ether oxygens (including phenoxy) is 2. The highest BCUT2D eigenvalue weighted by Gasteiger charge is 2.36. The van der Waals surface area contributed by atoms with E-state index in [4.69, 9.17) is 19.6 Å². The molecule has 4 bridgehead atoms. The molecule has 2 atom stereocenters. The normalized spacial score (nSPS) is 19.2. The molecule has 3 heterocycles. The number of nitrogens with zero attached hydrogens (tertiary/aromatic N) is 3. The summed E-state index contributed by atoms with van der Waals surface area (Å²) in [5.41, 5.74) is -0.130. The zero-order chi connectivity index (χ0) is 39.2. The fourth-order valence-electron chi connectivity index (χ4n) is 7.52. The minimum absolute atomic E-state index is 0.00147. The summed E-state index contributed by atoms with van der Waals surface area (Å²) >= 11 is 0. The minimum Gasteiger partial charge on any atom is -0.469 e. The molecule has 1 N–H and O–H groups in total. The van der Waals surface area contributed by atoms with E-state index in [0.29, 0.717) is 37.8 Å². The molecule has 0 unspecified atom stereocenters. The van der Waals surface area contributed by atoms with E-state index in [1.165, 1.54) is 30.1 Å². The summed E-state index contributed by atoms with van der Waals surface area (Å²) in [6.45, 7) is 7.50. The highest BCUT2D eigenvalue weighted by Crippen LogP contribution is 2.42. The number of sulfone groups is 1. The van der Waals surface area contributed by atoms with Crippen molar-refractivity contribution in [2.75, 3.05) is 18.6 Å². The predicted molar refractivity (Wildman–Crippen MR) is 198 cm³/mol. The number of H-pyrrole nitrogens is 1. The van der Waals surface area contributed by atoms with Crippen molar-refractivity contribution in [3.8, 4) is 22.9 Å². The number of aryl methyl sites for hydroxylation is 2. The third-order valence-corrected chi connectivity index (χ3v) is 12.4. The summed E-state index contributed by atoms with van der Waals surface area (Å²) in [4.78, 5) is 31.7. The van der Waals surface area contributed by atoms with E-state index >= 15 is 13.2 Å². The van der Waals surface area contributed by atoms with Crippen molar-refractivity contribution >= 4 is 33.0 Å². The Hall–Kier alpha value is -4.98. The number of methoxy groups -OCH3 is 1. The molecule has 10 nitrogen and oxygen atoms in total. The van der Waals surface area contributed by atoms with Crippen molar-refractivity contribution in [2.24, 2.45) is 18.4 Å². The maximum absolute atomic E-state index is 15.9. The van der Waals surface area contributed by atoms with Crippen LogP contribution < -0.4 is 4.74 Å². The first-order valence-electron chi connectivity index (χ1n) is 17.7. The van der Waals surface area contributed by atoms with E-state index in [1.807, 2.05) is 45.0 Å². The summed E-state index contributed by atoms with van der Waals surface area (Å²) < 4.78 is 86.8. The molecule has 1 aliphatic rings. The summed E-state index contributed by atoms with van der Waals surface area (Å²) in [7, 11) is -0.826. The van der Waals surface area contributed by atoms with Crippen LogP contribution in [-0.4, -0.2) is 59.0 Å². The van der Waals surface area contributed by atoms with Crippen molar-refractivity contribution in [1.29, 1.82) is 0 Å². The maximum Gasteiger partial charge on any atom is 0.308 e. The fraction of sp³-hybridized carbons (Fsp3) is 0.400. The average Bonchev–Trinajstić information content (AvgIpc) is 3.73. The van der Waals surface area contributed by atoms with Crippen LogP contribution in [0.4, 0.5) is 13.2 Å². The predicted octanol–water partition coefficient (Wildman–Crippen LogP) is 7.81. The van der Waals surface area contributed by atoms with Crippen LogP contribution in [0.1, 0.15) is 79.8 Å². The van der Waals surface area contributed by atoms with Gasteiger partial charge in [0.2, 0.25) is 5.82 Å². The Labute approximate surface area is 312 Å². The zero-order valence-corrected chi connectivity index (χ0v) is 31.9. The molecule has 0 radical (unpaired) electrons. The van der Waals surface area contributed by atoms with Crippen LogP contribution in [0.25, 0.3) is 22.3 Å². The molecule has 286 valence electrons. The molecule has 0 saturated carbocycles. The van der Waals surface area contributed by atoms with E-state index in [-0.39, 0.29) is 63.2 Å². The lowest BCUT2D eigenvalue weighted by Crippen LogP contribution is -2.29. The highest BCUT2D eigenvalue weighted by molar-refractivity contribution is 7.91. The van der Waals surface area contributed by atoms with Gasteiger partial charge in [-0.25, -0.2) is 26.9 Å². The van der Waals surface area contributed by atoms with Gasteiger partial charge < -0.3 is 14.5 Å². The third kappa shape index (κ3) is 7.53. The number of benzene rings is 3. The Bertz CT molecular complexity index is 2370. The number of carbonyl (C=O) groups is 2. The standard InChI is InChI=1S/C40H43F3N4O6S/c1-23(37(49)52-6)17-24-9-7-10-26(18-24)40(4)15-8-14-39(2,3)22-54(50,51)16-13-28-31-25(21-48)20-44-34(31)32(42)33(43)35(28)53-27-11-12-30(41)29(19-27)36-45-38(40)46-47(36)5/h7,9-12,18-21,23,44H,8,13-17,22H2,1-6H3/t23-,40-/m1/s1. The molecule has 0 fully saturated rings. The van der Waals surface area contributed by atoms with Gasteiger partial charge in [-0.05, 0) is 67.3 Å². The second-order valence-electron chi connectivity index (χ2n) is 15.2. The lowest BCUT2D eigenvalue weighted by Gasteiger charge is -2.31. The molecule has 2 aromatic heterocycles. The molecule has 0 amide bonds. The average molecular weight is 765 g/mol. The van der Waals surface area contributed by atoms with E-state index in [9.17, 15) is 18.0 Å². The largest absolute Gasteiger partial charge is 0.469 e. The van der Waals surface area contributed by atoms with Crippen LogP contribution in [-0.2, 0) is 44.7 Å². The first-order valence-corrected chi connectivity index (χ1v) is 19.5. The van der Waals surface area contributed by atoms with E-state index in [2.05, 4.69) is 4.98 Å². The van der Waals surface area contributed by atoms with E-state index < -0.39 is 49.6 Å². The third-order valence-electron chi connectivity index (χ3n) is 10.4. The molecule has 14 heteroatoms. The molecule has 54 heavy (non-hydrogen) atoms. The number of hydrogen-bond acceptors (Lipinski definition) is 8. The quantitative estimate of drug-likeness (QED) is 0.142. The van der Waals surface area contributed by atoms with Crippen molar-refractivity contribution < 1.29 is 40.7 Å². The molecule has 3 aromatic carbocycles. The number of halogens is 3. The molecular weight excluding hydrogens is 722 g/mol. The Morgan fingerprint density at radius 2 is 1.87 bits per heavy atom. The van der Waals surface area contributed by atoms with Crippen molar-refractivity contribution in [2.45, 2.75) is 65.2 Å². The fourth-order valence-corrected chi connectivity index (χ4v) is 9.52. The number of nitrogens with one attached hydrogen (secondary N) is 1. The monoisotopic (exact) mass is 764 g/mol. The lowest BCUT2D eigenvalue weighted by molar-refractivity contribution is -0.144. The number of hydrogen-bond donors (Lipinski definition) is 1. The van der Waals surface area contributed by atoms with Crippen LogP contribution in [0.5, 0.6) is 11.5 Å². The number of fused-ring (bicyclic) bond motifs is 8. The Morgan fingerprint density at radius 3 is 2.59 bits per heavy atom. The Balaban J connectivity index is 1.52. The van der Waals surface area contributed by atoms with Crippen molar-refractivity contribution in [3.63, 3.8) is 0 Å². The molecule has 0 spiro atoms. The molecule has 0 saturated heterocycles. The molecule has 6 rings (SSSR count). The number of aromatic nitrogens is 4. The van der Waals surface area contributed by atoms with Crippen LogP contribution in [0, 0.1) is 28.8 Å². The number of rotatable bonds is 5. The number of aldehydes is 1. The van der Waals surface area contributed by atoms with Crippen LogP contribution in [0.2, 0.25) is 0 Å². The van der Waals surface area contributed by atoms with Crippen molar-refractivity contribution in [3.05, 3.63) is 94.2 Å². The second kappa shape index (κ2) is 14.7.